The minimum absolute atomic E-state index is 0.234. The summed E-state index contributed by atoms with van der Waals surface area (Å²) in [4.78, 5) is 23.8. The number of rotatable bonds is 6. The van der Waals surface area contributed by atoms with E-state index < -0.39 is 0 Å². The standard InChI is InChI=1S/C22H22N6O/c1-14-18(8-9-25-17-6-4-3-5-7-17)15(2)26-20(14)10-19-21(27-28-22(19)29)16-11-23-13-24-12-16/h3-7,10-13,25-26H,8-9H2,1-2H3,(H,28,29)/b19-10+. The van der Waals surface area contributed by atoms with Crippen LogP contribution in [0.1, 0.15) is 28.1 Å². The number of carbonyl (C=O) groups is 1. The second-order valence-electron chi connectivity index (χ2n) is 6.90. The molecular formula is C22H22N6O. The summed E-state index contributed by atoms with van der Waals surface area (Å²) < 4.78 is 0. The van der Waals surface area contributed by atoms with Crippen molar-refractivity contribution in [1.29, 1.82) is 0 Å². The van der Waals surface area contributed by atoms with Gasteiger partial charge in [-0.15, -0.1) is 0 Å². The van der Waals surface area contributed by atoms with Crippen molar-refractivity contribution < 1.29 is 4.79 Å². The van der Waals surface area contributed by atoms with Crippen molar-refractivity contribution in [2.75, 3.05) is 11.9 Å². The molecule has 0 unspecified atom stereocenters. The summed E-state index contributed by atoms with van der Waals surface area (Å²) in [5, 5.41) is 7.59. The number of anilines is 1. The normalized spacial score (nSPS) is 14.8. The molecule has 0 spiro atoms. The third kappa shape index (κ3) is 3.94. The highest BCUT2D eigenvalue weighted by Crippen LogP contribution is 2.23. The van der Waals surface area contributed by atoms with Crippen LogP contribution >= 0.6 is 0 Å². The molecule has 7 heteroatoms. The van der Waals surface area contributed by atoms with E-state index in [0.29, 0.717) is 16.8 Å². The number of aryl methyl sites for hydroxylation is 1. The summed E-state index contributed by atoms with van der Waals surface area (Å²) in [6, 6.07) is 10.1. The average Bonchev–Trinajstić information content (AvgIpc) is 3.24. The third-order valence-corrected chi connectivity index (χ3v) is 5.00. The Kier molecular flexibility index (Phi) is 5.20. The molecule has 0 atom stereocenters. The quantitative estimate of drug-likeness (QED) is 0.568. The van der Waals surface area contributed by atoms with Crippen molar-refractivity contribution >= 4 is 23.4 Å². The molecule has 0 radical (unpaired) electrons. The summed E-state index contributed by atoms with van der Waals surface area (Å²) in [5.74, 6) is -0.234. The number of aromatic nitrogens is 3. The molecule has 0 saturated carbocycles. The van der Waals surface area contributed by atoms with Crippen molar-refractivity contribution in [2.24, 2.45) is 5.10 Å². The molecule has 1 aromatic carbocycles. The van der Waals surface area contributed by atoms with Crippen LogP contribution in [0, 0.1) is 13.8 Å². The van der Waals surface area contributed by atoms with Gasteiger partial charge in [-0.25, -0.2) is 15.4 Å². The lowest BCUT2D eigenvalue weighted by molar-refractivity contribution is -0.116. The van der Waals surface area contributed by atoms with Crippen LogP contribution in [0.25, 0.3) is 6.08 Å². The van der Waals surface area contributed by atoms with Crippen molar-refractivity contribution in [3.05, 3.63) is 82.7 Å². The van der Waals surface area contributed by atoms with Crippen LogP contribution in [0.3, 0.4) is 0 Å². The molecule has 4 rings (SSSR count). The molecule has 1 aliphatic heterocycles. The van der Waals surface area contributed by atoms with E-state index in [9.17, 15) is 4.79 Å². The average molecular weight is 386 g/mol. The van der Waals surface area contributed by atoms with Gasteiger partial charge in [-0.3, -0.25) is 4.79 Å². The Morgan fingerprint density at radius 1 is 1.10 bits per heavy atom. The summed E-state index contributed by atoms with van der Waals surface area (Å²) in [5.41, 5.74) is 9.78. The molecular weight excluding hydrogens is 364 g/mol. The van der Waals surface area contributed by atoms with Gasteiger partial charge in [0.1, 0.15) is 12.0 Å². The highest BCUT2D eigenvalue weighted by molar-refractivity contribution is 6.33. The smallest absolute Gasteiger partial charge is 0.273 e. The molecule has 3 aromatic rings. The molecule has 0 fully saturated rings. The van der Waals surface area contributed by atoms with Gasteiger partial charge in [-0.05, 0) is 49.6 Å². The van der Waals surface area contributed by atoms with Crippen molar-refractivity contribution in [1.82, 2.24) is 20.4 Å². The van der Waals surface area contributed by atoms with E-state index in [-0.39, 0.29) is 5.91 Å². The molecule has 7 nitrogen and oxygen atoms in total. The largest absolute Gasteiger partial charge is 0.385 e. The van der Waals surface area contributed by atoms with Gasteiger partial charge < -0.3 is 10.3 Å². The molecule has 0 aliphatic carbocycles. The summed E-state index contributed by atoms with van der Waals surface area (Å²) in [6.45, 7) is 4.96. The zero-order valence-electron chi connectivity index (χ0n) is 16.4. The number of nitrogens with zero attached hydrogens (tertiary/aromatic N) is 3. The number of hydrazone groups is 1. The topological polar surface area (TPSA) is 95.1 Å². The first-order valence-electron chi connectivity index (χ1n) is 9.46. The first kappa shape index (κ1) is 18.6. The second-order valence-corrected chi connectivity index (χ2v) is 6.90. The molecule has 3 N–H and O–H groups in total. The molecule has 0 bridgehead atoms. The van der Waals surface area contributed by atoms with E-state index >= 15 is 0 Å². The summed E-state index contributed by atoms with van der Waals surface area (Å²) in [6.07, 6.45) is 7.48. The van der Waals surface area contributed by atoms with Gasteiger partial charge in [0.25, 0.3) is 5.91 Å². The van der Waals surface area contributed by atoms with E-state index in [0.717, 1.165) is 35.6 Å². The van der Waals surface area contributed by atoms with Gasteiger partial charge in [0.15, 0.2) is 0 Å². The number of aromatic amines is 1. The maximum atomic E-state index is 12.3. The number of amides is 1. The van der Waals surface area contributed by atoms with Gasteiger partial charge in [0, 0.05) is 41.6 Å². The van der Waals surface area contributed by atoms with Crippen molar-refractivity contribution in [2.45, 2.75) is 20.3 Å². The van der Waals surface area contributed by atoms with E-state index in [1.165, 1.54) is 11.9 Å². The van der Waals surface area contributed by atoms with Gasteiger partial charge in [0.05, 0.1) is 5.57 Å². The number of nitrogens with one attached hydrogen (secondary N) is 3. The summed E-state index contributed by atoms with van der Waals surface area (Å²) in [7, 11) is 0. The second kappa shape index (κ2) is 8.10. The van der Waals surface area contributed by atoms with Crippen LogP contribution in [0.4, 0.5) is 5.69 Å². The van der Waals surface area contributed by atoms with E-state index in [1.807, 2.05) is 24.3 Å². The predicted molar refractivity (Wildman–Crippen MR) is 114 cm³/mol. The first-order valence-corrected chi connectivity index (χ1v) is 9.46. The highest BCUT2D eigenvalue weighted by atomic mass is 16.2. The Balaban J connectivity index is 1.55. The van der Waals surface area contributed by atoms with Crippen LogP contribution in [0.15, 0.2) is 59.7 Å². The minimum Gasteiger partial charge on any atom is -0.385 e. The zero-order valence-corrected chi connectivity index (χ0v) is 16.4. The van der Waals surface area contributed by atoms with Crippen LogP contribution < -0.4 is 10.7 Å². The fraction of sp³-hybridized carbons (Fsp3) is 0.182. The lowest BCUT2D eigenvalue weighted by atomic mass is 10.0. The third-order valence-electron chi connectivity index (χ3n) is 5.00. The highest BCUT2D eigenvalue weighted by Gasteiger charge is 2.25. The number of hydrogen-bond acceptors (Lipinski definition) is 5. The molecule has 1 aliphatic rings. The predicted octanol–water partition coefficient (Wildman–Crippen LogP) is 2.99. The lowest BCUT2D eigenvalue weighted by Gasteiger charge is -2.07. The van der Waals surface area contributed by atoms with Crippen molar-refractivity contribution in [3.63, 3.8) is 0 Å². The Morgan fingerprint density at radius 3 is 2.62 bits per heavy atom. The Morgan fingerprint density at radius 2 is 1.86 bits per heavy atom. The summed E-state index contributed by atoms with van der Waals surface area (Å²) >= 11 is 0. The molecule has 0 saturated heterocycles. The lowest BCUT2D eigenvalue weighted by Crippen LogP contribution is -2.13. The fourth-order valence-corrected chi connectivity index (χ4v) is 3.48. The monoisotopic (exact) mass is 386 g/mol. The SMILES string of the molecule is Cc1[nH]c(/C=C2/C(=O)NN=C2c2cncnc2)c(C)c1CCNc1ccccc1. The molecule has 1 amide bonds. The van der Waals surface area contributed by atoms with Gasteiger partial charge >= 0.3 is 0 Å². The van der Waals surface area contributed by atoms with E-state index in [1.54, 1.807) is 12.4 Å². The van der Waals surface area contributed by atoms with Crippen LogP contribution in [-0.4, -0.2) is 33.1 Å². The number of H-pyrrole nitrogens is 1. The number of para-hydroxylation sites is 1. The molecule has 2 aromatic heterocycles. The first-order chi connectivity index (χ1) is 14.1. The maximum absolute atomic E-state index is 12.3. The zero-order chi connectivity index (χ0) is 20.2. The Labute approximate surface area is 169 Å². The maximum Gasteiger partial charge on any atom is 0.273 e. The van der Waals surface area contributed by atoms with E-state index in [2.05, 4.69) is 56.8 Å². The van der Waals surface area contributed by atoms with Crippen LogP contribution in [-0.2, 0) is 11.2 Å². The number of hydrogen-bond donors (Lipinski definition) is 3. The Bertz CT molecular complexity index is 1080. The number of benzene rings is 1. The van der Waals surface area contributed by atoms with Crippen LogP contribution in [0.5, 0.6) is 0 Å². The minimum atomic E-state index is -0.234. The Hall–Kier alpha value is -3.74. The van der Waals surface area contributed by atoms with Crippen LogP contribution in [0.2, 0.25) is 0 Å². The van der Waals surface area contributed by atoms with Gasteiger partial charge in [-0.2, -0.15) is 5.10 Å². The van der Waals surface area contributed by atoms with Gasteiger partial charge in [-0.1, -0.05) is 18.2 Å². The van der Waals surface area contributed by atoms with Gasteiger partial charge in [0.2, 0.25) is 0 Å². The van der Waals surface area contributed by atoms with Crippen molar-refractivity contribution in [3.8, 4) is 0 Å². The van der Waals surface area contributed by atoms with E-state index in [4.69, 9.17) is 0 Å². The fourth-order valence-electron chi connectivity index (χ4n) is 3.48. The number of carbonyl (C=O) groups excluding carboxylic acids is 1. The molecule has 146 valence electrons. The molecule has 29 heavy (non-hydrogen) atoms. The molecule has 3 heterocycles.